The average molecular weight is 277 g/mol. The van der Waals surface area contributed by atoms with Crippen LogP contribution in [0.1, 0.15) is 5.56 Å². The van der Waals surface area contributed by atoms with Gasteiger partial charge in [-0.25, -0.2) is 8.78 Å². The first-order chi connectivity index (χ1) is 8.15. The van der Waals surface area contributed by atoms with Gasteiger partial charge in [0.05, 0.1) is 6.42 Å². The summed E-state index contributed by atoms with van der Waals surface area (Å²) in [5.41, 5.74) is 0.381. The molecule has 0 radical (unpaired) electrons. The molecular formula is C12H15ClF2N2O. The number of hydrogen-bond donors (Lipinski definition) is 1. The van der Waals surface area contributed by atoms with Gasteiger partial charge in [-0.15, -0.1) is 12.4 Å². The number of piperazine rings is 1. The van der Waals surface area contributed by atoms with Crippen LogP contribution in [0.4, 0.5) is 8.78 Å². The molecule has 1 fully saturated rings. The summed E-state index contributed by atoms with van der Waals surface area (Å²) in [5.74, 6) is -1.38. The van der Waals surface area contributed by atoms with Gasteiger partial charge < -0.3 is 10.2 Å². The number of hydrogen-bond acceptors (Lipinski definition) is 2. The summed E-state index contributed by atoms with van der Waals surface area (Å²) in [4.78, 5) is 13.6. The number of nitrogens with zero attached hydrogens (tertiary/aromatic N) is 1. The minimum atomic E-state index is -0.645. The Bertz CT molecular complexity index is 402. The third kappa shape index (κ3) is 3.92. The van der Waals surface area contributed by atoms with Gasteiger partial charge in [0.2, 0.25) is 5.91 Å². The monoisotopic (exact) mass is 276 g/mol. The number of carbonyl (C=O) groups excluding carboxylic acids is 1. The molecule has 100 valence electrons. The van der Waals surface area contributed by atoms with Crippen molar-refractivity contribution in [2.45, 2.75) is 6.42 Å². The summed E-state index contributed by atoms with van der Waals surface area (Å²) >= 11 is 0. The molecule has 1 aromatic carbocycles. The van der Waals surface area contributed by atoms with E-state index in [-0.39, 0.29) is 24.7 Å². The van der Waals surface area contributed by atoms with Crippen LogP contribution in [0.5, 0.6) is 0 Å². The van der Waals surface area contributed by atoms with Crippen molar-refractivity contribution < 1.29 is 13.6 Å². The van der Waals surface area contributed by atoms with E-state index in [4.69, 9.17) is 0 Å². The van der Waals surface area contributed by atoms with Gasteiger partial charge in [-0.1, -0.05) is 0 Å². The number of nitrogens with one attached hydrogen (secondary N) is 1. The van der Waals surface area contributed by atoms with Crippen LogP contribution in [-0.2, 0) is 11.2 Å². The third-order valence-corrected chi connectivity index (χ3v) is 2.75. The Kier molecular flexibility index (Phi) is 5.50. The Hall–Kier alpha value is -1.20. The second-order valence-corrected chi connectivity index (χ2v) is 4.09. The van der Waals surface area contributed by atoms with E-state index in [0.29, 0.717) is 18.7 Å². The van der Waals surface area contributed by atoms with Gasteiger partial charge >= 0.3 is 0 Å². The molecule has 2 rings (SSSR count). The Morgan fingerprint density at radius 1 is 1.17 bits per heavy atom. The van der Waals surface area contributed by atoms with E-state index >= 15 is 0 Å². The second-order valence-electron chi connectivity index (χ2n) is 4.09. The number of benzene rings is 1. The molecule has 0 aliphatic carbocycles. The fourth-order valence-electron chi connectivity index (χ4n) is 1.91. The van der Waals surface area contributed by atoms with Gasteiger partial charge in [0.15, 0.2) is 0 Å². The van der Waals surface area contributed by atoms with Gasteiger partial charge in [-0.2, -0.15) is 0 Å². The number of amides is 1. The van der Waals surface area contributed by atoms with Crippen LogP contribution in [0.2, 0.25) is 0 Å². The topological polar surface area (TPSA) is 32.3 Å². The molecule has 1 saturated heterocycles. The number of rotatable bonds is 2. The van der Waals surface area contributed by atoms with Crippen molar-refractivity contribution in [3.8, 4) is 0 Å². The number of carbonyl (C=O) groups is 1. The fraction of sp³-hybridized carbons (Fsp3) is 0.417. The molecule has 3 nitrogen and oxygen atoms in total. The summed E-state index contributed by atoms with van der Waals surface area (Å²) in [6, 6.07) is 3.20. The lowest BCUT2D eigenvalue weighted by atomic mass is 10.1. The Balaban J connectivity index is 0.00000162. The lowest BCUT2D eigenvalue weighted by molar-refractivity contribution is -0.131. The van der Waals surface area contributed by atoms with Crippen molar-refractivity contribution in [1.29, 1.82) is 0 Å². The van der Waals surface area contributed by atoms with Gasteiger partial charge in [0.1, 0.15) is 11.6 Å². The van der Waals surface area contributed by atoms with E-state index in [9.17, 15) is 13.6 Å². The number of halogens is 3. The molecular weight excluding hydrogens is 262 g/mol. The van der Waals surface area contributed by atoms with E-state index in [1.807, 2.05) is 0 Å². The molecule has 0 aromatic heterocycles. The Morgan fingerprint density at radius 3 is 2.28 bits per heavy atom. The van der Waals surface area contributed by atoms with Crippen LogP contribution in [0.3, 0.4) is 0 Å². The second kappa shape index (κ2) is 6.66. The first-order valence-corrected chi connectivity index (χ1v) is 5.58. The smallest absolute Gasteiger partial charge is 0.227 e. The third-order valence-electron chi connectivity index (χ3n) is 2.75. The lowest BCUT2D eigenvalue weighted by Crippen LogP contribution is -2.46. The van der Waals surface area contributed by atoms with E-state index in [1.54, 1.807) is 4.90 Å². The van der Waals surface area contributed by atoms with Crippen molar-refractivity contribution in [1.82, 2.24) is 10.2 Å². The molecule has 0 spiro atoms. The minimum absolute atomic E-state index is 0. The molecule has 1 aliphatic rings. The zero-order valence-electron chi connectivity index (χ0n) is 9.79. The van der Waals surface area contributed by atoms with E-state index in [0.717, 1.165) is 19.2 Å². The molecule has 1 N–H and O–H groups in total. The highest BCUT2D eigenvalue weighted by Crippen LogP contribution is 2.10. The van der Waals surface area contributed by atoms with Crippen LogP contribution in [0.25, 0.3) is 0 Å². The van der Waals surface area contributed by atoms with E-state index < -0.39 is 11.6 Å². The zero-order chi connectivity index (χ0) is 12.3. The normalized spacial score (nSPS) is 15.1. The van der Waals surface area contributed by atoms with Crippen LogP contribution < -0.4 is 5.32 Å². The average Bonchev–Trinajstić information content (AvgIpc) is 2.28. The maximum Gasteiger partial charge on any atom is 0.227 e. The van der Waals surface area contributed by atoms with Crippen molar-refractivity contribution in [3.05, 3.63) is 35.4 Å². The zero-order valence-corrected chi connectivity index (χ0v) is 10.6. The van der Waals surface area contributed by atoms with E-state index in [1.165, 1.54) is 12.1 Å². The first kappa shape index (κ1) is 14.9. The van der Waals surface area contributed by atoms with Gasteiger partial charge in [0.25, 0.3) is 0 Å². The molecule has 0 saturated carbocycles. The predicted molar refractivity (Wildman–Crippen MR) is 66.8 cm³/mol. The molecule has 0 atom stereocenters. The van der Waals surface area contributed by atoms with E-state index in [2.05, 4.69) is 5.32 Å². The maximum atomic E-state index is 12.9. The van der Waals surface area contributed by atoms with Crippen molar-refractivity contribution in [3.63, 3.8) is 0 Å². The van der Waals surface area contributed by atoms with Crippen LogP contribution in [-0.4, -0.2) is 37.0 Å². The minimum Gasteiger partial charge on any atom is -0.340 e. The lowest BCUT2D eigenvalue weighted by Gasteiger charge is -2.27. The molecule has 1 heterocycles. The summed E-state index contributed by atoms with van der Waals surface area (Å²) in [6.07, 6.45) is 0.0503. The molecule has 0 bridgehead atoms. The summed E-state index contributed by atoms with van der Waals surface area (Å²) in [5, 5.41) is 3.14. The molecule has 1 amide bonds. The summed E-state index contributed by atoms with van der Waals surface area (Å²) in [7, 11) is 0. The summed E-state index contributed by atoms with van der Waals surface area (Å²) in [6.45, 7) is 2.83. The Labute approximate surface area is 111 Å². The van der Waals surface area contributed by atoms with Crippen LogP contribution >= 0.6 is 12.4 Å². The van der Waals surface area contributed by atoms with Crippen LogP contribution in [0.15, 0.2) is 18.2 Å². The van der Waals surface area contributed by atoms with Crippen molar-refractivity contribution in [2.75, 3.05) is 26.2 Å². The fourth-order valence-corrected chi connectivity index (χ4v) is 1.91. The largest absolute Gasteiger partial charge is 0.340 e. The SMILES string of the molecule is Cl.O=C(Cc1cc(F)cc(F)c1)N1CCNCC1. The molecule has 1 aromatic rings. The molecule has 0 unspecified atom stereocenters. The highest BCUT2D eigenvalue weighted by Gasteiger charge is 2.16. The quantitative estimate of drug-likeness (QED) is 0.885. The van der Waals surface area contributed by atoms with Gasteiger partial charge in [-0.3, -0.25) is 4.79 Å². The summed E-state index contributed by atoms with van der Waals surface area (Å²) < 4.78 is 25.9. The van der Waals surface area contributed by atoms with Crippen LogP contribution in [0, 0.1) is 11.6 Å². The molecule has 18 heavy (non-hydrogen) atoms. The molecule has 1 aliphatic heterocycles. The molecule has 6 heteroatoms. The van der Waals surface area contributed by atoms with Gasteiger partial charge in [-0.05, 0) is 17.7 Å². The van der Waals surface area contributed by atoms with Crippen molar-refractivity contribution in [2.24, 2.45) is 0 Å². The van der Waals surface area contributed by atoms with Crippen molar-refractivity contribution >= 4 is 18.3 Å². The highest BCUT2D eigenvalue weighted by atomic mass is 35.5. The highest BCUT2D eigenvalue weighted by molar-refractivity contribution is 5.85. The Morgan fingerprint density at radius 2 is 1.72 bits per heavy atom. The van der Waals surface area contributed by atoms with Gasteiger partial charge in [0, 0.05) is 32.2 Å². The standard InChI is InChI=1S/C12H14F2N2O.ClH/c13-10-5-9(6-11(14)8-10)7-12(17)16-3-1-15-2-4-16;/h5-6,8,15H,1-4,7H2;1H. The maximum absolute atomic E-state index is 12.9. The first-order valence-electron chi connectivity index (χ1n) is 5.58. The predicted octanol–water partition coefficient (Wildman–Crippen LogP) is 1.36.